The molecule has 0 bridgehead atoms. The van der Waals surface area contributed by atoms with Crippen LogP contribution >= 0.6 is 23.5 Å². The Bertz CT molecular complexity index is 812. The predicted octanol–water partition coefficient (Wildman–Crippen LogP) is 6.18. The van der Waals surface area contributed by atoms with Gasteiger partial charge in [-0.15, -0.1) is 23.5 Å². The maximum atomic E-state index is 12.9. The molecule has 2 aromatic carbocycles. The number of carbonyl (C=O) groups excluding carboxylic acids is 1. The van der Waals surface area contributed by atoms with Crippen LogP contribution in [-0.2, 0) is 6.54 Å². The molecule has 154 valence electrons. The Morgan fingerprint density at radius 3 is 2.41 bits per heavy atom. The Morgan fingerprint density at radius 1 is 1.00 bits per heavy atom. The Balaban J connectivity index is 1.41. The minimum absolute atomic E-state index is 0.0314. The van der Waals surface area contributed by atoms with Crippen LogP contribution in [0, 0.1) is 0 Å². The number of rotatable bonds is 6. The summed E-state index contributed by atoms with van der Waals surface area (Å²) < 4.78 is 0.517. The monoisotopic (exact) mass is 426 g/mol. The van der Waals surface area contributed by atoms with Crippen LogP contribution in [0.25, 0.3) is 0 Å². The third-order valence-corrected chi connectivity index (χ3v) is 9.05. The molecular formula is C24H30N2OS2. The number of hydrogen-bond donors (Lipinski definition) is 1. The number of hydrogen-bond acceptors (Lipinski definition) is 4. The molecule has 1 saturated carbocycles. The Kier molecular flexibility index (Phi) is 7.22. The molecule has 1 aliphatic heterocycles. The van der Waals surface area contributed by atoms with E-state index in [9.17, 15) is 4.79 Å². The van der Waals surface area contributed by atoms with Crippen LogP contribution in [0.2, 0.25) is 0 Å². The van der Waals surface area contributed by atoms with Crippen molar-refractivity contribution >= 4 is 35.1 Å². The summed E-state index contributed by atoms with van der Waals surface area (Å²) >= 11 is 3.98. The summed E-state index contributed by atoms with van der Waals surface area (Å²) in [5.74, 6) is 2.39. The lowest BCUT2D eigenvalue weighted by Gasteiger charge is -2.31. The second-order valence-corrected chi connectivity index (χ2v) is 10.7. The Labute approximate surface area is 183 Å². The summed E-state index contributed by atoms with van der Waals surface area (Å²) in [5, 5.41) is 3.15. The average molecular weight is 427 g/mol. The third-order valence-electron chi connectivity index (χ3n) is 5.95. The zero-order valence-electron chi connectivity index (χ0n) is 17.1. The van der Waals surface area contributed by atoms with Gasteiger partial charge in [0.1, 0.15) is 0 Å². The van der Waals surface area contributed by atoms with Crippen LogP contribution in [0.5, 0.6) is 0 Å². The van der Waals surface area contributed by atoms with E-state index in [1.165, 1.54) is 54.7 Å². The van der Waals surface area contributed by atoms with Crippen LogP contribution in [-0.4, -0.2) is 35.4 Å². The minimum atomic E-state index is -0.0314. The van der Waals surface area contributed by atoms with Crippen molar-refractivity contribution in [2.45, 2.75) is 49.3 Å². The number of amides is 1. The first-order chi connectivity index (χ1) is 14.2. The SMILES string of the molecule is CN(Cc1ccccc1NC(=O)c1ccc(C2SCCS2)cc1)C1CCCCC1. The van der Waals surface area contributed by atoms with Gasteiger partial charge in [0, 0.05) is 35.3 Å². The Morgan fingerprint density at radius 2 is 1.69 bits per heavy atom. The quantitative estimate of drug-likeness (QED) is 0.597. The number of nitrogens with zero attached hydrogens (tertiary/aromatic N) is 1. The molecule has 1 heterocycles. The van der Waals surface area contributed by atoms with E-state index in [0.717, 1.165) is 17.8 Å². The number of thioether (sulfide) groups is 2. The van der Waals surface area contributed by atoms with Crippen molar-refractivity contribution < 1.29 is 4.79 Å². The highest BCUT2D eigenvalue weighted by Gasteiger charge is 2.20. The van der Waals surface area contributed by atoms with Gasteiger partial charge >= 0.3 is 0 Å². The molecule has 4 rings (SSSR count). The maximum absolute atomic E-state index is 12.9. The molecule has 2 aliphatic rings. The molecule has 2 aromatic rings. The number of nitrogens with one attached hydrogen (secondary N) is 1. The van der Waals surface area contributed by atoms with Gasteiger partial charge in [-0.1, -0.05) is 49.6 Å². The van der Waals surface area contributed by atoms with E-state index < -0.39 is 0 Å². The van der Waals surface area contributed by atoms with Gasteiger partial charge in [-0.2, -0.15) is 0 Å². The molecule has 0 aromatic heterocycles. The highest BCUT2D eigenvalue weighted by molar-refractivity contribution is 8.19. The van der Waals surface area contributed by atoms with E-state index in [-0.39, 0.29) is 5.91 Å². The first kappa shape index (κ1) is 20.8. The van der Waals surface area contributed by atoms with Gasteiger partial charge in [-0.3, -0.25) is 9.69 Å². The normalized spacial score (nSPS) is 18.3. The van der Waals surface area contributed by atoms with Crippen LogP contribution in [0.1, 0.15) is 58.2 Å². The van der Waals surface area contributed by atoms with Crippen molar-refractivity contribution in [3.63, 3.8) is 0 Å². The fourth-order valence-electron chi connectivity index (χ4n) is 4.24. The summed E-state index contributed by atoms with van der Waals surface area (Å²) in [6.07, 6.45) is 6.61. The van der Waals surface area contributed by atoms with Crippen LogP contribution in [0.15, 0.2) is 48.5 Å². The molecule has 2 fully saturated rings. The maximum Gasteiger partial charge on any atom is 0.255 e. The highest BCUT2D eigenvalue weighted by Crippen LogP contribution is 2.45. The lowest BCUT2D eigenvalue weighted by molar-refractivity contribution is 0.102. The van der Waals surface area contributed by atoms with Crippen molar-refractivity contribution in [1.82, 2.24) is 4.90 Å². The molecule has 0 unspecified atom stereocenters. The molecule has 3 nitrogen and oxygen atoms in total. The zero-order valence-corrected chi connectivity index (χ0v) is 18.7. The summed E-state index contributed by atoms with van der Waals surface area (Å²) in [4.78, 5) is 15.3. The van der Waals surface area contributed by atoms with Crippen LogP contribution in [0.4, 0.5) is 5.69 Å². The predicted molar refractivity (Wildman–Crippen MR) is 127 cm³/mol. The van der Waals surface area contributed by atoms with Gasteiger partial charge in [0.2, 0.25) is 0 Å². The standard InChI is InChI=1S/C24H30N2OS2/c1-26(21-8-3-2-4-9-21)17-20-7-5-6-10-22(20)25-23(27)18-11-13-19(14-12-18)24-28-15-16-29-24/h5-7,10-14,21,24H,2-4,8-9,15-17H2,1H3,(H,25,27). The van der Waals surface area contributed by atoms with Gasteiger partial charge in [-0.25, -0.2) is 0 Å². The van der Waals surface area contributed by atoms with Gasteiger partial charge in [0.05, 0.1) is 4.58 Å². The molecule has 0 radical (unpaired) electrons. The van der Waals surface area contributed by atoms with E-state index in [2.05, 4.69) is 41.5 Å². The number of carbonyl (C=O) groups is 1. The Hall–Kier alpha value is -1.43. The molecule has 29 heavy (non-hydrogen) atoms. The molecule has 0 atom stereocenters. The lowest BCUT2D eigenvalue weighted by atomic mass is 9.94. The topological polar surface area (TPSA) is 32.3 Å². The van der Waals surface area contributed by atoms with Crippen LogP contribution < -0.4 is 5.32 Å². The lowest BCUT2D eigenvalue weighted by Crippen LogP contribution is -2.33. The first-order valence-corrected chi connectivity index (χ1v) is 12.7. The average Bonchev–Trinajstić information content (AvgIpc) is 3.31. The number of benzene rings is 2. The van der Waals surface area contributed by atoms with E-state index in [4.69, 9.17) is 0 Å². The summed E-state index contributed by atoms with van der Waals surface area (Å²) in [6, 6.07) is 17.0. The van der Waals surface area contributed by atoms with Gasteiger partial charge in [0.15, 0.2) is 0 Å². The first-order valence-electron chi connectivity index (χ1n) is 10.6. The van der Waals surface area contributed by atoms with E-state index in [1.807, 2.05) is 47.8 Å². The van der Waals surface area contributed by atoms with E-state index >= 15 is 0 Å². The molecular weight excluding hydrogens is 396 g/mol. The van der Waals surface area contributed by atoms with Gasteiger partial charge < -0.3 is 5.32 Å². The van der Waals surface area contributed by atoms with Crippen molar-refractivity contribution in [2.24, 2.45) is 0 Å². The number of anilines is 1. The van der Waals surface area contributed by atoms with Gasteiger partial charge in [-0.05, 0) is 49.2 Å². The van der Waals surface area contributed by atoms with Crippen LogP contribution in [0.3, 0.4) is 0 Å². The summed E-state index contributed by atoms with van der Waals surface area (Å²) in [7, 11) is 2.21. The van der Waals surface area contributed by atoms with Crippen molar-refractivity contribution in [3.8, 4) is 0 Å². The molecule has 0 spiro atoms. The van der Waals surface area contributed by atoms with Crippen molar-refractivity contribution in [1.29, 1.82) is 0 Å². The fourth-order valence-corrected chi connectivity index (χ4v) is 7.10. The van der Waals surface area contributed by atoms with E-state index in [1.54, 1.807) is 0 Å². The van der Waals surface area contributed by atoms with Gasteiger partial charge in [0.25, 0.3) is 5.91 Å². The van der Waals surface area contributed by atoms with Crippen molar-refractivity contribution in [2.75, 3.05) is 23.9 Å². The summed E-state index contributed by atoms with van der Waals surface area (Å²) in [5.41, 5.74) is 4.14. The van der Waals surface area contributed by atoms with E-state index in [0.29, 0.717) is 10.6 Å². The fraction of sp³-hybridized carbons (Fsp3) is 0.458. The second kappa shape index (κ2) is 10.1. The molecule has 1 N–H and O–H groups in total. The third kappa shape index (κ3) is 5.39. The van der Waals surface area contributed by atoms with Crippen molar-refractivity contribution in [3.05, 3.63) is 65.2 Å². The summed E-state index contributed by atoms with van der Waals surface area (Å²) in [6.45, 7) is 0.871. The zero-order chi connectivity index (χ0) is 20.1. The highest BCUT2D eigenvalue weighted by atomic mass is 32.2. The molecule has 1 amide bonds. The second-order valence-electron chi connectivity index (χ2n) is 8.01. The molecule has 1 saturated heterocycles. The smallest absolute Gasteiger partial charge is 0.255 e. The molecule has 1 aliphatic carbocycles. The molecule has 5 heteroatoms. The largest absolute Gasteiger partial charge is 0.322 e. The minimum Gasteiger partial charge on any atom is -0.322 e. The number of para-hydroxylation sites is 1.